The average Bonchev–Trinajstić information content (AvgIpc) is 2.36. The smallest absolute Gasteiger partial charge is 0.0386 e. The third-order valence-electron chi connectivity index (χ3n) is 2.92. The summed E-state index contributed by atoms with van der Waals surface area (Å²) in [5.74, 6) is 2.07. The third-order valence-corrected chi connectivity index (χ3v) is 2.92. The lowest BCUT2D eigenvalue weighted by Gasteiger charge is -2.16. The standard InChI is InChI=1S/C10H19/c1-3-6-10-8-5-7-9(10)4-2/h9-10H,1,3-8H2,2H3. The molecule has 0 aromatic carbocycles. The molecular formula is C10H19. The molecule has 1 saturated carbocycles. The second-order valence-electron chi connectivity index (χ2n) is 3.50. The van der Waals surface area contributed by atoms with Crippen LogP contribution in [0.4, 0.5) is 0 Å². The molecule has 0 amide bonds. The fraction of sp³-hybridized carbons (Fsp3) is 0.900. The Kier molecular flexibility index (Phi) is 3.24. The predicted octanol–water partition coefficient (Wildman–Crippen LogP) is 3.43. The summed E-state index contributed by atoms with van der Waals surface area (Å²) in [6.07, 6.45) is 8.35. The van der Waals surface area contributed by atoms with Gasteiger partial charge >= 0.3 is 0 Å². The van der Waals surface area contributed by atoms with E-state index >= 15 is 0 Å². The minimum atomic E-state index is 1.03. The molecule has 0 aromatic rings. The molecule has 1 aliphatic carbocycles. The molecular weight excluding hydrogens is 120 g/mol. The van der Waals surface area contributed by atoms with Gasteiger partial charge in [-0.15, -0.1) is 0 Å². The lowest BCUT2D eigenvalue weighted by molar-refractivity contribution is 0.357. The summed E-state index contributed by atoms with van der Waals surface area (Å²) >= 11 is 0. The summed E-state index contributed by atoms with van der Waals surface area (Å²) in [7, 11) is 0. The van der Waals surface area contributed by atoms with Crippen LogP contribution in [-0.4, -0.2) is 0 Å². The number of hydrogen-bond donors (Lipinski definition) is 0. The maximum Gasteiger partial charge on any atom is -0.0386 e. The highest BCUT2D eigenvalue weighted by atomic mass is 14.3. The molecule has 0 nitrogen and oxygen atoms in total. The molecule has 1 aliphatic rings. The van der Waals surface area contributed by atoms with Gasteiger partial charge in [0.05, 0.1) is 0 Å². The van der Waals surface area contributed by atoms with E-state index in [0.29, 0.717) is 0 Å². The van der Waals surface area contributed by atoms with Crippen LogP contribution in [0.15, 0.2) is 0 Å². The van der Waals surface area contributed by atoms with Gasteiger partial charge in [0.15, 0.2) is 0 Å². The van der Waals surface area contributed by atoms with Crippen LogP contribution >= 0.6 is 0 Å². The first kappa shape index (κ1) is 8.10. The zero-order chi connectivity index (χ0) is 7.40. The van der Waals surface area contributed by atoms with Gasteiger partial charge < -0.3 is 0 Å². The van der Waals surface area contributed by atoms with Crippen molar-refractivity contribution in [2.45, 2.75) is 45.4 Å². The Labute approximate surface area is 65.0 Å². The van der Waals surface area contributed by atoms with Crippen molar-refractivity contribution in [3.05, 3.63) is 6.92 Å². The second-order valence-corrected chi connectivity index (χ2v) is 3.50. The molecule has 0 aromatic heterocycles. The molecule has 0 bridgehead atoms. The van der Waals surface area contributed by atoms with Gasteiger partial charge in [-0.25, -0.2) is 0 Å². The van der Waals surface area contributed by atoms with E-state index < -0.39 is 0 Å². The molecule has 1 radical (unpaired) electrons. The maximum absolute atomic E-state index is 3.92. The zero-order valence-electron chi connectivity index (χ0n) is 7.10. The van der Waals surface area contributed by atoms with Crippen molar-refractivity contribution in [3.63, 3.8) is 0 Å². The Hall–Kier alpha value is 0. The maximum atomic E-state index is 3.92. The molecule has 10 heavy (non-hydrogen) atoms. The van der Waals surface area contributed by atoms with E-state index in [1.54, 1.807) is 0 Å². The van der Waals surface area contributed by atoms with E-state index in [1.165, 1.54) is 32.1 Å². The Morgan fingerprint density at radius 3 is 2.60 bits per heavy atom. The van der Waals surface area contributed by atoms with Gasteiger partial charge in [0.25, 0.3) is 0 Å². The van der Waals surface area contributed by atoms with Gasteiger partial charge in [-0.2, -0.15) is 0 Å². The van der Waals surface area contributed by atoms with Crippen molar-refractivity contribution in [1.82, 2.24) is 0 Å². The molecule has 0 aliphatic heterocycles. The minimum Gasteiger partial charge on any atom is -0.0651 e. The number of hydrogen-bond acceptors (Lipinski definition) is 0. The van der Waals surface area contributed by atoms with Crippen molar-refractivity contribution < 1.29 is 0 Å². The van der Waals surface area contributed by atoms with E-state index in [2.05, 4.69) is 13.8 Å². The summed E-state index contributed by atoms with van der Waals surface area (Å²) in [5.41, 5.74) is 0. The highest BCUT2D eigenvalue weighted by Crippen LogP contribution is 2.36. The second kappa shape index (κ2) is 4.00. The van der Waals surface area contributed by atoms with E-state index in [9.17, 15) is 0 Å². The van der Waals surface area contributed by atoms with Crippen LogP contribution in [0.5, 0.6) is 0 Å². The average molecular weight is 139 g/mol. The van der Waals surface area contributed by atoms with Crippen molar-refractivity contribution >= 4 is 0 Å². The van der Waals surface area contributed by atoms with Gasteiger partial charge in [-0.05, 0) is 11.8 Å². The zero-order valence-corrected chi connectivity index (χ0v) is 7.10. The molecule has 0 N–H and O–H groups in total. The van der Waals surface area contributed by atoms with E-state index in [-0.39, 0.29) is 0 Å². The quantitative estimate of drug-likeness (QED) is 0.562. The number of rotatable bonds is 3. The fourth-order valence-corrected chi connectivity index (χ4v) is 2.29. The predicted molar refractivity (Wildman–Crippen MR) is 45.7 cm³/mol. The molecule has 0 saturated heterocycles. The molecule has 0 spiro atoms. The van der Waals surface area contributed by atoms with Crippen molar-refractivity contribution in [2.75, 3.05) is 0 Å². The summed E-state index contributed by atoms with van der Waals surface area (Å²) in [4.78, 5) is 0. The molecule has 1 rings (SSSR count). The molecule has 0 heterocycles. The Morgan fingerprint density at radius 1 is 1.30 bits per heavy atom. The first-order valence-electron chi connectivity index (χ1n) is 4.67. The van der Waals surface area contributed by atoms with Crippen molar-refractivity contribution in [2.24, 2.45) is 11.8 Å². The van der Waals surface area contributed by atoms with Crippen LogP contribution in [0.2, 0.25) is 0 Å². The SMILES string of the molecule is [CH2]CCC1CCCC1CC. The fourth-order valence-electron chi connectivity index (χ4n) is 2.29. The summed E-state index contributed by atoms with van der Waals surface area (Å²) < 4.78 is 0. The minimum absolute atomic E-state index is 1.03. The van der Waals surface area contributed by atoms with Crippen LogP contribution < -0.4 is 0 Å². The van der Waals surface area contributed by atoms with Crippen molar-refractivity contribution in [3.8, 4) is 0 Å². The lowest BCUT2D eigenvalue weighted by atomic mass is 9.90. The highest BCUT2D eigenvalue weighted by Gasteiger charge is 2.24. The molecule has 59 valence electrons. The topological polar surface area (TPSA) is 0 Å². The van der Waals surface area contributed by atoms with E-state index in [4.69, 9.17) is 0 Å². The summed E-state index contributed by atoms with van der Waals surface area (Å²) in [5, 5.41) is 0. The Morgan fingerprint density at radius 2 is 2.00 bits per heavy atom. The van der Waals surface area contributed by atoms with E-state index in [1.807, 2.05) is 0 Å². The van der Waals surface area contributed by atoms with E-state index in [0.717, 1.165) is 18.3 Å². The van der Waals surface area contributed by atoms with Crippen LogP contribution in [0.25, 0.3) is 0 Å². The largest absolute Gasteiger partial charge is 0.0651 e. The van der Waals surface area contributed by atoms with Gasteiger partial charge in [0, 0.05) is 0 Å². The van der Waals surface area contributed by atoms with Gasteiger partial charge in [0.2, 0.25) is 0 Å². The van der Waals surface area contributed by atoms with Crippen LogP contribution in [0, 0.1) is 18.8 Å². The Balaban J connectivity index is 2.27. The van der Waals surface area contributed by atoms with Gasteiger partial charge in [0.1, 0.15) is 0 Å². The molecule has 2 unspecified atom stereocenters. The lowest BCUT2D eigenvalue weighted by Crippen LogP contribution is -2.05. The summed E-state index contributed by atoms with van der Waals surface area (Å²) in [6, 6.07) is 0. The van der Waals surface area contributed by atoms with Crippen LogP contribution in [-0.2, 0) is 0 Å². The molecule has 0 heteroatoms. The van der Waals surface area contributed by atoms with Crippen LogP contribution in [0.3, 0.4) is 0 Å². The first-order chi connectivity index (χ1) is 4.88. The Bertz CT molecular complexity index is 86.0. The molecule has 2 atom stereocenters. The van der Waals surface area contributed by atoms with Crippen LogP contribution in [0.1, 0.15) is 45.4 Å². The van der Waals surface area contributed by atoms with Gasteiger partial charge in [-0.3, -0.25) is 0 Å². The summed E-state index contributed by atoms with van der Waals surface area (Å²) in [6.45, 7) is 6.24. The van der Waals surface area contributed by atoms with Gasteiger partial charge in [-0.1, -0.05) is 52.4 Å². The monoisotopic (exact) mass is 139 g/mol. The molecule has 1 fully saturated rings. The third kappa shape index (κ3) is 1.74. The van der Waals surface area contributed by atoms with Crippen molar-refractivity contribution in [1.29, 1.82) is 0 Å². The normalized spacial score (nSPS) is 33.0. The first-order valence-corrected chi connectivity index (χ1v) is 4.67. The highest BCUT2D eigenvalue weighted by molar-refractivity contribution is 4.76.